The van der Waals surface area contributed by atoms with E-state index in [1.807, 2.05) is 0 Å². The van der Waals surface area contributed by atoms with E-state index in [1.165, 1.54) is 0 Å². The van der Waals surface area contributed by atoms with Crippen molar-refractivity contribution in [2.75, 3.05) is 24.5 Å². The zero-order valence-corrected chi connectivity index (χ0v) is 11.2. The molecule has 0 saturated carbocycles. The molecule has 1 rings (SSSR count). The fourth-order valence-electron chi connectivity index (χ4n) is 1.94. The van der Waals surface area contributed by atoms with E-state index in [9.17, 15) is 10.1 Å². The van der Waals surface area contributed by atoms with Crippen molar-refractivity contribution in [3.63, 3.8) is 0 Å². The molecule has 7 heteroatoms. The molecule has 0 aliphatic rings. The number of rotatable bonds is 8. The molecule has 7 nitrogen and oxygen atoms in total. The average Bonchev–Trinajstić information content (AvgIpc) is 2.38. The minimum atomic E-state index is -0.451. The van der Waals surface area contributed by atoms with Crippen molar-refractivity contribution < 1.29 is 9.66 Å². The maximum Gasteiger partial charge on any atom is 0.316 e. The summed E-state index contributed by atoms with van der Waals surface area (Å²) in [5.74, 6) is 5.30. The molecule has 0 fully saturated rings. The minimum absolute atomic E-state index is 0.0294. The van der Waals surface area contributed by atoms with Gasteiger partial charge < -0.3 is 15.5 Å². The van der Waals surface area contributed by atoms with Gasteiger partial charge >= 0.3 is 5.69 Å². The van der Waals surface area contributed by atoms with Gasteiger partial charge in [0.25, 0.3) is 0 Å². The van der Waals surface area contributed by atoms with E-state index in [2.05, 4.69) is 17.7 Å². The number of para-hydroxylation sites is 1. The largest absolute Gasteiger partial charge is 0.383 e. The van der Waals surface area contributed by atoms with Crippen molar-refractivity contribution in [2.24, 2.45) is 5.84 Å². The molecular weight excluding hydrogens is 248 g/mol. The molecule has 19 heavy (non-hydrogen) atoms. The van der Waals surface area contributed by atoms with Crippen molar-refractivity contribution in [1.29, 1.82) is 0 Å². The molecule has 0 spiro atoms. The number of ether oxygens (including phenoxy) is 1. The first-order valence-electron chi connectivity index (χ1n) is 6.13. The van der Waals surface area contributed by atoms with Crippen molar-refractivity contribution in [1.82, 2.24) is 0 Å². The Hall–Kier alpha value is -1.86. The Bertz CT molecular complexity index is 419. The molecular formula is C12H20N4O3. The lowest BCUT2D eigenvalue weighted by Crippen LogP contribution is -2.25. The number of nitro benzene ring substituents is 1. The second kappa shape index (κ2) is 7.55. The van der Waals surface area contributed by atoms with Gasteiger partial charge in [0.05, 0.1) is 11.5 Å². The molecule has 106 valence electrons. The summed E-state index contributed by atoms with van der Waals surface area (Å²) in [6.07, 6.45) is 1.83. The Morgan fingerprint density at radius 3 is 2.68 bits per heavy atom. The van der Waals surface area contributed by atoms with E-state index in [1.54, 1.807) is 25.3 Å². The molecule has 0 radical (unpaired) electrons. The van der Waals surface area contributed by atoms with Gasteiger partial charge in [-0.15, -0.1) is 0 Å². The molecule has 0 aliphatic heterocycles. The number of hydrazine groups is 1. The zero-order valence-electron chi connectivity index (χ0n) is 11.2. The van der Waals surface area contributed by atoms with Gasteiger partial charge in [0.2, 0.25) is 0 Å². The Kier molecular flexibility index (Phi) is 6.04. The molecule has 0 heterocycles. The van der Waals surface area contributed by atoms with Gasteiger partial charge in [-0.1, -0.05) is 19.4 Å². The highest BCUT2D eigenvalue weighted by atomic mass is 16.6. The smallest absolute Gasteiger partial charge is 0.316 e. The van der Waals surface area contributed by atoms with Gasteiger partial charge in [-0.3, -0.25) is 16.0 Å². The molecule has 1 aromatic carbocycles. The maximum absolute atomic E-state index is 11.1. The number of nitrogen functional groups attached to an aromatic ring is 1. The molecule has 0 amide bonds. The van der Waals surface area contributed by atoms with E-state index in [4.69, 9.17) is 10.6 Å². The van der Waals surface area contributed by atoms with Crippen LogP contribution in [0.2, 0.25) is 0 Å². The second-order valence-corrected chi connectivity index (χ2v) is 4.19. The number of methoxy groups -OCH3 is 1. The average molecular weight is 268 g/mol. The topological polar surface area (TPSA) is 102 Å². The SMILES string of the molecule is CCCC(COC)Nc1cccc(NN)c1[N+](=O)[O-]. The minimum Gasteiger partial charge on any atom is -0.383 e. The van der Waals surface area contributed by atoms with Crippen LogP contribution in [0.15, 0.2) is 18.2 Å². The molecule has 1 unspecified atom stereocenters. The van der Waals surface area contributed by atoms with Crippen molar-refractivity contribution in [3.8, 4) is 0 Å². The predicted molar refractivity (Wildman–Crippen MR) is 75.1 cm³/mol. The monoisotopic (exact) mass is 268 g/mol. The number of nitro groups is 1. The molecule has 0 aliphatic carbocycles. The van der Waals surface area contributed by atoms with E-state index in [0.29, 0.717) is 12.3 Å². The van der Waals surface area contributed by atoms with E-state index < -0.39 is 4.92 Å². The standard InChI is InChI=1S/C12H20N4O3/c1-3-5-9(8-19-2)14-10-6-4-7-11(15-13)12(10)16(17)18/h4,6-7,9,14-15H,3,5,8,13H2,1-2H3. The Balaban J connectivity index is 3.01. The molecule has 0 bridgehead atoms. The molecule has 1 atom stereocenters. The Morgan fingerprint density at radius 2 is 2.16 bits per heavy atom. The number of anilines is 2. The van der Waals surface area contributed by atoms with Crippen LogP contribution in [0.4, 0.5) is 17.1 Å². The number of nitrogens with two attached hydrogens (primary N) is 1. The van der Waals surface area contributed by atoms with Gasteiger partial charge in [-0.25, -0.2) is 0 Å². The van der Waals surface area contributed by atoms with Crippen LogP contribution < -0.4 is 16.6 Å². The van der Waals surface area contributed by atoms with Crippen LogP contribution in [0.5, 0.6) is 0 Å². The first-order valence-corrected chi connectivity index (χ1v) is 6.13. The summed E-state index contributed by atoms with van der Waals surface area (Å²) in [7, 11) is 1.61. The molecule has 0 saturated heterocycles. The van der Waals surface area contributed by atoms with Crippen LogP contribution in [0, 0.1) is 10.1 Å². The van der Waals surface area contributed by atoms with Gasteiger partial charge in [0.1, 0.15) is 11.4 Å². The number of nitrogens with zero attached hydrogens (tertiary/aromatic N) is 1. The van der Waals surface area contributed by atoms with E-state index >= 15 is 0 Å². The van der Waals surface area contributed by atoms with Gasteiger partial charge in [0.15, 0.2) is 0 Å². The maximum atomic E-state index is 11.1. The summed E-state index contributed by atoms with van der Waals surface area (Å²) in [6, 6.07) is 4.97. The first kappa shape index (κ1) is 15.2. The van der Waals surface area contributed by atoms with Gasteiger partial charge in [-0.05, 0) is 18.6 Å². The lowest BCUT2D eigenvalue weighted by atomic mass is 10.1. The van der Waals surface area contributed by atoms with E-state index in [0.717, 1.165) is 12.8 Å². The van der Waals surface area contributed by atoms with Crippen molar-refractivity contribution in [2.45, 2.75) is 25.8 Å². The van der Waals surface area contributed by atoms with E-state index in [-0.39, 0.29) is 17.4 Å². The fourth-order valence-corrected chi connectivity index (χ4v) is 1.94. The quantitative estimate of drug-likeness (QED) is 0.379. The summed E-state index contributed by atoms with van der Waals surface area (Å²) in [4.78, 5) is 10.7. The van der Waals surface area contributed by atoms with Crippen LogP contribution in [-0.4, -0.2) is 24.7 Å². The third-order valence-electron chi connectivity index (χ3n) is 2.74. The number of benzene rings is 1. The Labute approximate surface area is 112 Å². The summed E-state index contributed by atoms with van der Waals surface area (Å²) < 4.78 is 5.11. The highest BCUT2D eigenvalue weighted by molar-refractivity contribution is 5.76. The van der Waals surface area contributed by atoms with Crippen LogP contribution in [0.3, 0.4) is 0 Å². The van der Waals surface area contributed by atoms with Crippen molar-refractivity contribution in [3.05, 3.63) is 28.3 Å². The van der Waals surface area contributed by atoms with Gasteiger partial charge in [-0.2, -0.15) is 0 Å². The third-order valence-corrected chi connectivity index (χ3v) is 2.74. The van der Waals surface area contributed by atoms with Crippen LogP contribution >= 0.6 is 0 Å². The summed E-state index contributed by atoms with van der Waals surface area (Å²) in [5.41, 5.74) is 3.01. The van der Waals surface area contributed by atoms with Crippen LogP contribution in [0.25, 0.3) is 0 Å². The summed E-state index contributed by atoms with van der Waals surface area (Å²) in [6.45, 7) is 2.54. The fraction of sp³-hybridized carbons (Fsp3) is 0.500. The molecule has 0 aromatic heterocycles. The summed E-state index contributed by atoms with van der Waals surface area (Å²) in [5, 5.41) is 14.3. The number of hydrogen-bond donors (Lipinski definition) is 3. The number of nitrogens with one attached hydrogen (secondary N) is 2. The van der Waals surface area contributed by atoms with Gasteiger partial charge in [0, 0.05) is 13.2 Å². The zero-order chi connectivity index (χ0) is 14.3. The molecule has 4 N–H and O–H groups in total. The van der Waals surface area contributed by atoms with Crippen LogP contribution in [0.1, 0.15) is 19.8 Å². The lowest BCUT2D eigenvalue weighted by Gasteiger charge is -2.19. The van der Waals surface area contributed by atoms with Crippen LogP contribution in [-0.2, 0) is 4.74 Å². The molecule has 1 aromatic rings. The number of hydrogen-bond acceptors (Lipinski definition) is 6. The highest BCUT2D eigenvalue weighted by Gasteiger charge is 2.21. The van der Waals surface area contributed by atoms with Crippen molar-refractivity contribution >= 4 is 17.1 Å². The third kappa shape index (κ3) is 4.08. The Morgan fingerprint density at radius 1 is 1.47 bits per heavy atom. The first-order chi connectivity index (χ1) is 9.13. The summed E-state index contributed by atoms with van der Waals surface area (Å²) >= 11 is 0. The highest BCUT2D eigenvalue weighted by Crippen LogP contribution is 2.32. The second-order valence-electron chi connectivity index (χ2n) is 4.19. The normalized spacial score (nSPS) is 11.9. The predicted octanol–water partition coefficient (Wildman–Crippen LogP) is 2.11. The lowest BCUT2D eigenvalue weighted by molar-refractivity contribution is -0.383.